The van der Waals surface area contributed by atoms with E-state index >= 15 is 0 Å². The van der Waals surface area contributed by atoms with Gasteiger partial charge in [-0.05, 0) is 25.3 Å². The highest BCUT2D eigenvalue weighted by Gasteiger charge is 2.19. The highest BCUT2D eigenvalue weighted by molar-refractivity contribution is 9.09. The molecule has 0 aliphatic carbocycles. The van der Waals surface area contributed by atoms with Gasteiger partial charge in [0.15, 0.2) is 0 Å². The van der Waals surface area contributed by atoms with Crippen LogP contribution < -0.4 is 0 Å². The molecule has 0 saturated carbocycles. The van der Waals surface area contributed by atoms with Crippen LogP contribution in [-0.4, -0.2) is 36.0 Å². The van der Waals surface area contributed by atoms with E-state index in [1.54, 1.807) is 0 Å². The van der Waals surface area contributed by atoms with Crippen LogP contribution in [0, 0.1) is 6.92 Å². The van der Waals surface area contributed by atoms with Crippen LogP contribution in [0.15, 0.2) is 24.3 Å². The maximum atomic E-state index is 5.78. The molecule has 0 unspecified atom stereocenters. The number of alkyl halides is 1. The first kappa shape index (κ1) is 14.0. The van der Waals surface area contributed by atoms with Gasteiger partial charge in [0.2, 0.25) is 0 Å². The lowest BCUT2D eigenvalue weighted by Gasteiger charge is -2.31. The van der Waals surface area contributed by atoms with Crippen LogP contribution in [0.2, 0.25) is 0 Å². The zero-order valence-electron chi connectivity index (χ0n) is 11.1. The fraction of sp³-hybridized carbons (Fsp3) is 0.600. The number of rotatable bonds is 5. The third kappa shape index (κ3) is 4.38. The Bertz CT molecular complexity index is 361. The van der Waals surface area contributed by atoms with Crippen LogP contribution in [0.1, 0.15) is 24.0 Å². The van der Waals surface area contributed by atoms with Gasteiger partial charge in [0, 0.05) is 25.0 Å². The lowest BCUT2D eigenvalue weighted by atomic mass is 10.1. The third-order valence-electron chi connectivity index (χ3n) is 3.45. The monoisotopic (exact) mass is 311 g/mol. The van der Waals surface area contributed by atoms with Gasteiger partial charge in [-0.25, -0.2) is 0 Å². The number of hydrogen-bond donors (Lipinski definition) is 0. The van der Waals surface area contributed by atoms with E-state index in [2.05, 4.69) is 52.0 Å². The molecule has 0 radical (unpaired) electrons. The standard InChI is InChI=1S/C15H22BrNO/c1-13-3-2-4-14(11-13)12-17-8-5-15(6-9-17)18-10-7-16/h2-4,11,15H,5-10,12H2,1H3. The molecule has 2 nitrogen and oxygen atoms in total. The van der Waals surface area contributed by atoms with Crippen LogP contribution >= 0.6 is 15.9 Å². The van der Waals surface area contributed by atoms with E-state index in [0.717, 1.165) is 31.6 Å². The second-order valence-electron chi connectivity index (χ2n) is 5.02. The number of aryl methyl sites for hydroxylation is 1. The zero-order valence-corrected chi connectivity index (χ0v) is 12.7. The summed E-state index contributed by atoms with van der Waals surface area (Å²) in [5, 5.41) is 0.941. The summed E-state index contributed by atoms with van der Waals surface area (Å²) < 4.78 is 5.78. The van der Waals surface area contributed by atoms with Gasteiger partial charge < -0.3 is 4.74 Å². The lowest BCUT2D eigenvalue weighted by molar-refractivity contribution is 0.0141. The predicted molar refractivity (Wildman–Crippen MR) is 79.2 cm³/mol. The normalized spacial score (nSPS) is 18.1. The minimum absolute atomic E-state index is 0.469. The summed E-state index contributed by atoms with van der Waals surface area (Å²) in [7, 11) is 0. The molecular weight excluding hydrogens is 290 g/mol. The van der Waals surface area contributed by atoms with Crippen molar-refractivity contribution in [3.8, 4) is 0 Å². The molecule has 1 fully saturated rings. The average molecular weight is 312 g/mol. The van der Waals surface area contributed by atoms with Crippen molar-refractivity contribution in [2.24, 2.45) is 0 Å². The van der Waals surface area contributed by atoms with Gasteiger partial charge in [0.1, 0.15) is 0 Å². The molecule has 0 aromatic heterocycles. The van der Waals surface area contributed by atoms with Crippen molar-refractivity contribution in [1.29, 1.82) is 0 Å². The highest BCUT2D eigenvalue weighted by Crippen LogP contribution is 2.16. The average Bonchev–Trinajstić information content (AvgIpc) is 2.38. The Hall–Kier alpha value is -0.380. The van der Waals surface area contributed by atoms with E-state index in [0.29, 0.717) is 6.10 Å². The van der Waals surface area contributed by atoms with E-state index in [1.807, 2.05) is 0 Å². The van der Waals surface area contributed by atoms with Crippen molar-refractivity contribution >= 4 is 15.9 Å². The molecule has 1 saturated heterocycles. The first-order valence-corrected chi connectivity index (χ1v) is 7.85. The van der Waals surface area contributed by atoms with E-state index in [4.69, 9.17) is 4.74 Å². The molecule has 1 aromatic rings. The molecule has 0 amide bonds. The molecule has 18 heavy (non-hydrogen) atoms. The molecule has 0 N–H and O–H groups in total. The fourth-order valence-electron chi connectivity index (χ4n) is 2.51. The second kappa shape index (κ2) is 7.27. The van der Waals surface area contributed by atoms with Crippen molar-refractivity contribution in [2.45, 2.75) is 32.4 Å². The molecule has 1 aliphatic rings. The SMILES string of the molecule is Cc1cccc(CN2CCC(OCCBr)CC2)c1. The maximum absolute atomic E-state index is 5.78. The number of benzene rings is 1. The fourth-order valence-corrected chi connectivity index (χ4v) is 2.70. The number of hydrogen-bond acceptors (Lipinski definition) is 2. The number of likely N-dealkylation sites (tertiary alicyclic amines) is 1. The van der Waals surface area contributed by atoms with Crippen LogP contribution in [0.3, 0.4) is 0 Å². The Kier molecular flexibility index (Phi) is 5.67. The second-order valence-corrected chi connectivity index (χ2v) is 5.82. The molecule has 0 bridgehead atoms. The Morgan fingerprint density at radius 2 is 2.11 bits per heavy atom. The highest BCUT2D eigenvalue weighted by atomic mass is 79.9. The molecule has 0 spiro atoms. The van der Waals surface area contributed by atoms with Gasteiger partial charge in [0.05, 0.1) is 12.7 Å². The van der Waals surface area contributed by atoms with Gasteiger partial charge >= 0.3 is 0 Å². The van der Waals surface area contributed by atoms with Gasteiger partial charge in [-0.1, -0.05) is 45.8 Å². The molecule has 1 aromatic carbocycles. The summed E-state index contributed by atoms with van der Waals surface area (Å²) in [6.45, 7) is 6.38. The predicted octanol–water partition coefficient (Wildman–Crippen LogP) is 3.37. The molecular formula is C15H22BrNO. The lowest BCUT2D eigenvalue weighted by Crippen LogP contribution is -2.36. The van der Waals surface area contributed by atoms with Gasteiger partial charge in [-0.3, -0.25) is 4.90 Å². The van der Waals surface area contributed by atoms with Gasteiger partial charge in [-0.15, -0.1) is 0 Å². The molecule has 100 valence electrons. The van der Waals surface area contributed by atoms with Crippen LogP contribution in [0.25, 0.3) is 0 Å². The first-order chi connectivity index (χ1) is 8.78. The summed E-state index contributed by atoms with van der Waals surface area (Å²) in [5.41, 5.74) is 2.78. The van der Waals surface area contributed by atoms with Crippen LogP contribution in [-0.2, 0) is 11.3 Å². The topological polar surface area (TPSA) is 12.5 Å². The zero-order chi connectivity index (χ0) is 12.8. The minimum Gasteiger partial charge on any atom is -0.377 e. The van der Waals surface area contributed by atoms with E-state index in [-0.39, 0.29) is 0 Å². The van der Waals surface area contributed by atoms with E-state index in [9.17, 15) is 0 Å². The quantitative estimate of drug-likeness (QED) is 0.773. The van der Waals surface area contributed by atoms with E-state index in [1.165, 1.54) is 24.0 Å². The van der Waals surface area contributed by atoms with E-state index < -0.39 is 0 Å². The largest absolute Gasteiger partial charge is 0.377 e. The number of nitrogens with zero attached hydrogens (tertiary/aromatic N) is 1. The van der Waals surface area contributed by atoms with Crippen LogP contribution in [0.4, 0.5) is 0 Å². The molecule has 1 aliphatic heterocycles. The molecule has 2 rings (SSSR count). The first-order valence-electron chi connectivity index (χ1n) is 6.73. The van der Waals surface area contributed by atoms with Crippen molar-refractivity contribution in [3.63, 3.8) is 0 Å². The Balaban J connectivity index is 1.76. The summed E-state index contributed by atoms with van der Waals surface area (Å²) in [6, 6.07) is 8.81. The Morgan fingerprint density at radius 3 is 2.78 bits per heavy atom. The molecule has 0 atom stereocenters. The number of piperidine rings is 1. The summed E-state index contributed by atoms with van der Waals surface area (Å²) in [5.74, 6) is 0. The Labute approximate surface area is 118 Å². The van der Waals surface area contributed by atoms with Crippen molar-refractivity contribution < 1.29 is 4.74 Å². The van der Waals surface area contributed by atoms with Crippen molar-refractivity contribution in [3.05, 3.63) is 35.4 Å². The maximum Gasteiger partial charge on any atom is 0.0599 e. The van der Waals surface area contributed by atoms with Crippen molar-refractivity contribution in [2.75, 3.05) is 25.0 Å². The smallest absolute Gasteiger partial charge is 0.0599 e. The van der Waals surface area contributed by atoms with Gasteiger partial charge in [-0.2, -0.15) is 0 Å². The van der Waals surface area contributed by atoms with Gasteiger partial charge in [0.25, 0.3) is 0 Å². The minimum atomic E-state index is 0.469. The third-order valence-corrected chi connectivity index (χ3v) is 3.78. The summed E-state index contributed by atoms with van der Waals surface area (Å²) >= 11 is 3.40. The van der Waals surface area contributed by atoms with Crippen molar-refractivity contribution in [1.82, 2.24) is 4.90 Å². The Morgan fingerprint density at radius 1 is 1.33 bits per heavy atom. The summed E-state index contributed by atoms with van der Waals surface area (Å²) in [6.07, 6.45) is 2.80. The summed E-state index contributed by atoms with van der Waals surface area (Å²) in [4.78, 5) is 2.53. The number of halogens is 1. The molecule has 3 heteroatoms. The number of ether oxygens (including phenoxy) is 1. The molecule has 1 heterocycles. The van der Waals surface area contributed by atoms with Crippen LogP contribution in [0.5, 0.6) is 0 Å².